The van der Waals surface area contributed by atoms with E-state index in [2.05, 4.69) is 21.4 Å². The van der Waals surface area contributed by atoms with Crippen LogP contribution in [-0.4, -0.2) is 50.1 Å². The van der Waals surface area contributed by atoms with Crippen LogP contribution >= 0.6 is 11.3 Å². The minimum absolute atomic E-state index is 0.124. The Kier molecular flexibility index (Phi) is 7.36. The average Bonchev–Trinajstić information content (AvgIpc) is 3.73. The number of fused-ring (bicyclic) bond motifs is 1. The molecule has 10 nitrogen and oxygen atoms in total. The van der Waals surface area contributed by atoms with E-state index in [4.69, 9.17) is 4.42 Å². The SMILES string of the molecule is CC(C)(C)/C=C(\C#N)C(=O)N1CCC[C@@H]1Cn1c(NC(=O)c2ccc(-c3cnco3)s2)nc2cc(C=O)ccc21. The van der Waals surface area contributed by atoms with Gasteiger partial charge in [-0.15, -0.1) is 11.3 Å². The number of benzene rings is 1. The summed E-state index contributed by atoms with van der Waals surface area (Å²) in [6.45, 7) is 6.74. The summed E-state index contributed by atoms with van der Waals surface area (Å²) in [7, 11) is 0. The van der Waals surface area contributed by atoms with Crippen LogP contribution in [0.5, 0.6) is 0 Å². The molecule has 1 aliphatic heterocycles. The van der Waals surface area contributed by atoms with Gasteiger partial charge < -0.3 is 13.9 Å². The Morgan fingerprint density at radius 1 is 1.27 bits per heavy atom. The second-order valence-corrected chi connectivity index (χ2v) is 11.8. The fraction of sp³-hybridized carbons (Fsp3) is 0.310. The molecule has 0 aliphatic carbocycles. The number of rotatable bonds is 7. The lowest BCUT2D eigenvalue weighted by Gasteiger charge is -2.26. The maximum absolute atomic E-state index is 13.4. The van der Waals surface area contributed by atoms with Crippen LogP contribution in [0.25, 0.3) is 21.7 Å². The Hall–Kier alpha value is -4.56. The van der Waals surface area contributed by atoms with Gasteiger partial charge in [0.25, 0.3) is 11.8 Å². The predicted octanol–water partition coefficient (Wildman–Crippen LogP) is 5.30. The topological polar surface area (TPSA) is 134 Å². The predicted molar refractivity (Wildman–Crippen MR) is 151 cm³/mol. The van der Waals surface area contributed by atoms with Crippen molar-refractivity contribution in [3.63, 3.8) is 0 Å². The maximum Gasteiger partial charge on any atom is 0.268 e. The molecule has 1 aliphatic rings. The van der Waals surface area contributed by atoms with Gasteiger partial charge in [0, 0.05) is 18.7 Å². The van der Waals surface area contributed by atoms with Crippen molar-refractivity contribution in [2.24, 2.45) is 5.41 Å². The molecule has 4 aromatic rings. The number of thiophene rings is 1. The van der Waals surface area contributed by atoms with E-state index in [1.165, 1.54) is 17.7 Å². The Morgan fingerprint density at radius 3 is 2.80 bits per heavy atom. The lowest BCUT2D eigenvalue weighted by molar-refractivity contribution is -0.127. The van der Waals surface area contributed by atoms with Crippen LogP contribution in [0, 0.1) is 16.7 Å². The molecule has 1 fully saturated rings. The number of nitrogens with zero attached hydrogens (tertiary/aromatic N) is 5. The van der Waals surface area contributed by atoms with Crippen LogP contribution in [0.4, 0.5) is 5.95 Å². The summed E-state index contributed by atoms with van der Waals surface area (Å²) in [6, 6.07) is 10.5. The molecule has 1 N–H and O–H groups in total. The van der Waals surface area contributed by atoms with Crippen molar-refractivity contribution in [1.82, 2.24) is 19.4 Å². The number of amides is 2. The fourth-order valence-electron chi connectivity index (χ4n) is 4.83. The van der Waals surface area contributed by atoms with Gasteiger partial charge in [0.1, 0.15) is 17.9 Å². The zero-order chi connectivity index (χ0) is 28.4. The number of anilines is 1. The minimum atomic E-state index is -0.345. The molecule has 0 unspecified atom stereocenters. The molecule has 1 saturated heterocycles. The van der Waals surface area contributed by atoms with E-state index in [-0.39, 0.29) is 28.8 Å². The molecule has 0 radical (unpaired) electrons. The minimum Gasteiger partial charge on any atom is -0.443 e. The van der Waals surface area contributed by atoms with Gasteiger partial charge >= 0.3 is 0 Å². The van der Waals surface area contributed by atoms with Crippen molar-refractivity contribution in [3.8, 4) is 16.7 Å². The van der Waals surface area contributed by atoms with Crippen LogP contribution < -0.4 is 5.32 Å². The summed E-state index contributed by atoms with van der Waals surface area (Å²) in [5.74, 6) is 0.238. The monoisotopic (exact) mass is 556 g/mol. The first-order valence-corrected chi connectivity index (χ1v) is 13.7. The lowest BCUT2D eigenvalue weighted by Crippen LogP contribution is -2.39. The first kappa shape index (κ1) is 27.0. The number of imidazole rings is 1. The normalized spacial score (nSPS) is 15.8. The fourth-order valence-corrected chi connectivity index (χ4v) is 5.68. The summed E-state index contributed by atoms with van der Waals surface area (Å²) in [5.41, 5.74) is 1.54. The van der Waals surface area contributed by atoms with Crippen LogP contribution in [-0.2, 0) is 11.3 Å². The largest absolute Gasteiger partial charge is 0.443 e. The zero-order valence-electron chi connectivity index (χ0n) is 22.4. The number of aldehydes is 1. The second-order valence-electron chi connectivity index (χ2n) is 10.7. The molecular formula is C29H28N6O4S. The number of hydrogen-bond donors (Lipinski definition) is 1. The molecular weight excluding hydrogens is 528 g/mol. The smallest absolute Gasteiger partial charge is 0.268 e. The number of allylic oxidation sites excluding steroid dienone is 1. The van der Waals surface area contributed by atoms with Crippen LogP contribution in [0.15, 0.2) is 59.0 Å². The molecule has 3 aromatic heterocycles. The Bertz CT molecular complexity index is 1650. The number of nitriles is 1. The number of nitrogens with one attached hydrogen (secondary N) is 1. The number of oxazole rings is 1. The standard InChI is InChI=1S/C29H28N6O4S/c1-29(2,3)12-19(13-30)27(38)34-10-4-5-20(34)15-35-22-7-6-18(16-36)11-21(22)32-28(35)33-26(37)25-9-8-24(40-25)23-14-31-17-39-23/h6-9,11-12,14,16-17,20H,4-5,10,15H2,1-3H3,(H,32,33,37)/b19-12+/t20-/m1/s1. The highest BCUT2D eigenvalue weighted by Gasteiger charge is 2.32. The molecule has 204 valence electrons. The molecule has 4 heterocycles. The molecule has 0 saturated carbocycles. The molecule has 5 rings (SSSR count). The van der Waals surface area contributed by atoms with Crippen molar-refractivity contribution in [1.29, 1.82) is 5.26 Å². The van der Waals surface area contributed by atoms with E-state index in [1.807, 2.05) is 25.3 Å². The van der Waals surface area contributed by atoms with Gasteiger partial charge in [-0.1, -0.05) is 26.8 Å². The van der Waals surface area contributed by atoms with E-state index < -0.39 is 0 Å². The Morgan fingerprint density at radius 2 is 2.10 bits per heavy atom. The average molecular weight is 557 g/mol. The van der Waals surface area contributed by atoms with Gasteiger partial charge in [-0.25, -0.2) is 9.97 Å². The van der Waals surface area contributed by atoms with E-state index in [0.29, 0.717) is 40.8 Å². The van der Waals surface area contributed by atoms with Crippen LogP contribution in [0.3, 0.4) is 0 Å². The highest BCUT2D eigenvalue weighted by atomic mass is 32.1. The molecule has 1 aromatic carbocycles. The van der Waals surface area contributed by atoms with E-state index in [1.54, 1.807) is 47.5 Å². The molecule has 1 atom stereocenters. The third-order valence-corrected chi connectivity index (χ3v) is 7.70. The highest BCUT2D eigenvalue weighted by molar-refractivity contribution is 7.17. The number of carbonyl (C=O) groups excluding carboxylic acids is 3. The van der Waals surface area contributed by atoms with Crippen molar-refractivity contribution in [2.45, 2.75) is 46.2 Å². The second kappa shape index (κ2) is 10.9. The highest BCUT2D eigenvalue weighted by Crippen LogP contribution is 2.30. The van der Waals surface area contributed by atoms with Gasteiger partial charge in [0.15, 0.2) is 12.2 Å². The summed E-state index contributed by atoms with van der Waals surface area (Å²) < 4.78 is 7.20. The number of carbonyl (C=O) groups is 3. The molecule has 11 heteroatoms. The summed E-state index contributed by atoms with van der Waals surface area (Å²) in [4.78, 5) is 49.6. The summed E-state index contributed by atoms with van der Waals surface area (Å²) >= 11 is 1.27. The molecule has 0 bridgehead atoms. The van der Waals surface area contributed by atoms with Gasteiger partial charge in [-0.3, -0.25) is 19.7 Å². The van der Waals surface area contributed by atoms with Crippen molar-refractivity contribution in [2.75, 3.05) is 11.9 Å². The van der Waals surface area contributed by atoms with Gasteiger partial charge in [0.05, 0.1) is 33.0 Å². The Balaban J connectivity index is 1.45. The van der Waals surface area contributed by atoms with Crippen molar-refractivity contribution >= 4 is 46.4 Å². The van der Waals surface area contributed by atoms with E-state index in [9.17, 15) is 19.6 Å². The van der Waals surface area contributed by atoms with Crippen molar-refractivity contribution < 1.29 is 18.8 Å². The van der Waals surface area contributed by atoms with Crippen LogP contribution in [0.2, 0.25) is 0 Å². The third-order valence-electron chi connectivity index (χ3n) is 6.60. The van der Waals surface area contributed by atoms with Gasteiger partial charge in [-0.05, 0) is 48.6 Å². The first-order valence-electron chi connectivity index (χ1n) is 12.9. The Labute approximate surface area is 234 Å². The molecule has 0 spiro atoms. The quantitative estimate of drug-likeness (QED) is 0.185. The molecule has 40 heavy (non-hydrogen) atoms. The molecule has 2 amide bonds. The van der Waals surface area contributed by atoms with Crippen molar-refractivity contribution in [3.05, 3.63) is 65.0 Å². The number of aromatic nitrogens is 3. The van der Waals surface area contributed by atoms with E-state index >= 15 is 0 Å². The summed E-state index contributed by atoms with van der Waals surface area (Å²) in [5, 5.41) is 12.6. The number of hydrogen-bond acceptors (Lipinski definition) is 8. The van der Waals surface area contributed by atoms with Crippen LogP contribution in [0.1, 0.15) is 53.6 Å². The third kappa shape index (κ3) is 5.58. The first-order chi connectivity index (χ1) is 19.2. The zero-order valence-corrected chi connectivity index (χ0v) is 23.2. The van der Waals surface area contributed by atoms with E-state index in [0.717, 1.165) is 29.5 Å². The lowest BCUT2D eigenvalue weighted by atomic mass is 9.93. The summed E-state index contributed by atoms with van der Waals surface area (Å²) in [6.07, 6.45) is 6.91. The maximum atomic E-state index is 13.4. The number of likely N-dealkylation sites (tertiary alicyclic amines) is 1. The van der Waals surface area contributed by atoms with Gasteiger partial charge in [0.2, 0.25) is 5.95 Å². The van der Waals surface area contributed by atoms with Gasteiger partial charge in [-0.2, -0.15) is 5.26 Å².